The molecular formula is C17H23NO5. The molecule has 0 bridgehead atoms. The zero-order valence-corrected chi connectivity index (χ0v) is 13.7. The number of ether oxygens (including phenoxy) is 2. The molecule has 6 heteroatoms. The molecule has 0 fully saturated rings. The van der Waals surface area contributed by atoms with Gasteiger partial charge in [0.1, 0.15) is 17.6 Å². The SMILES string of the molecule is COc1cc2c(cc1C(=O)CCC(=O)O)NCC(CC(C)C)O2. The van der Waals surface area contributed by atoms with Crippen LogP contribution in [0.2, 0.25) is 0 Å². The summed E-state index contributed by atoms with van der Waals surface area (Å²) in [6.45, 7) is 4.97. The first kappa shape index (κ1) is 17.1. The maximum atomic E-state index is 12.2. The van der Waals surface area contributed by atoms with Gasteiger partial charge in [-0.05, 0) is 18.4 Å². The predicted octanol–water partition coefficient (Wildman–Crippen LogP) is 2.96. The highest BCUT2D eigenvalue weighted by atomic mass is 16.5. The Balaban J connectivity index is 2.21. The Morgan fingerprint density at radius 2 is 2.13 bits per heavy atom. The summed E-state index contributed by atoms with van der Waals surface area (Å²) in [6.07, 6.45) is 0.773. The minimum absolute atomic E-state index is 0.0543. The van der Waals surface area contributed by atoms with Gasteiger partial charge in [0.05, 0.1) is 31.3 Å². The van der Waals surface area contributed by atoms with E-state index in [1.165, 1.54) is 7.11 Å². The topological polar surface area (TPSA) is 84.9 Å². The highest BCUT2D eigenvalue weighted by Crippen LogP contribution is 2.37. The molecule has 1 heterocycles. The van der Waals surface area contributed by atoms with Crippen LogP contribution in [0, 0.1) is 5.92 Å². The van der Waals surface area contributed by atoms with Crippen LogP contribution < -0.4 is 14.8 Å². The number of aliphatic carboxylic acids is 1. The van der Waals surface area contributed by atoms with Crippen LogP contribution >= 0.6 is 0 Å². The van der Waals surface area contributed by atoms with Crippen molar-refractivity contribution in [1.29, 1.82) is 0 Å². The first-order valence-corrected chi connectivity index (χ1v) is 7.78. The van der Waals surface area contributed by atoms with Crippen LogP contribution in [0.25, 0.3) is 0 Å². The molecule has 1 atom stereocenters. The second kappa shape index (κ2) is 7.35. The van der Waals surface area contributed by atoms with Crippen LogP contribution in [0.5, 0.6) is 11.5 Å². The van der Waals surface area contributed by atoms with Crippen LogP contribution in [0.15, 0.2) is 12.1 Å². The standard InChI is InChI=1S/C17H23NO5/c1-10(2)6-11-9-18-13-7-12(14(19)4-5-17(20)21)15(22-3)8-16(13)23-11/h7-8,10-11,18H,4-6,9H2,1-3H3,(H,20,21). The van der Waals surface area contributed by atoms with E-state index in [0.717, 1.165) is 12.1 Å². The Labute approximate surface area is 135 Å². The number of nitrogens with one attached hydrogen (secondary N) is 1. The van der Waals surface area contributed by atoms with Gasteiger partial charge in [-0.15, -0.1) is 0 Å². The first-order valence-electron chi connectivity index (χ1n) is 7.78. The number of anilines is 1. The molecule has 0 saturated carbocycles. The first-order chi connectivity index (χ1) is 10.9. The number of rotatable bonds is 7. The fraction of sp³-hybridized carbons (Fsp3) is 0.529. The number of benzene rings is 1. The number of fused-ring (bicyclic) bond motifs is 1. The average Bonchev–Trinajstić information content (AvgIpc) is 2.50. The summed E-state index contributed by atoms with van der Waals surface area (Å²) in [5, 5.41) is 12.0. The molecule has 1 aromatic carbocycles. The molecule has 2 rings (SSSR count). The molecule has 0 aromatic heterocycles. The van der Waals surface area contributed by atoms with Crippen molar-refractivity contribution in [3.63, 3.8) is 0 Å². The summed E-state index contributed by atoms with van der Waals surface area (Å²) < 4.78 is 11.2. The monoisotopic (exact) mass is 321 g/mol. The molecule has 0 saturated heterocycles. The normalized spacial score (nSPS) is 16.3. The van der Waals surface area contributed by atoms with Gasteiger partial charge >= 0.3 is 5.97 Å². The van der Waals surface area contributed by atoms with Crippen LogP contribution in [-0.2, 0) is 4.79 Å². The van der Waals surface area contributed by atoms with Crippen LogP contribution in [0.3, 0.4) is 0 Å². The number of ketones is 1. The maximum Gasteiger partial charge on any atom is 0.303 e. The molecule has 1 aliphatic rings. The van der Waals surface area contributed by atoms with Crippen molar-refractivity contribution in [2.45, 2.75) is 39.2 Å². The molecule has 23 heavy (non-hydrogen) atoms. The second-order valence-electron chi connectivity index (χ2n) is 6.12. The van der Waals surface area contributed by atoms with E-state index in [4.69, 9.17) is 14.6 Å². The summed E-state index contributed by atoms with van der Waals surface area (Å²) in [6, 6.07) is 3.38. The van der Waals surface area contributed by atoms with E-state index < -0.39 is 5.97 Å². The minimum atomic E-state index is -0.992. The quantitative estimate of drug-likeness (QED) is 0.751. The van der Waals surface area contributed by atoms with Gasteiger partial charge in [0.25, 0.3) is 0 Å². The lowest BCUT2D eigenvalue weighted by atomic mass is 10.0. The number of hydrogen-bond donors (Lipinski definition) is 2. The Hall–Kier alpha value is -2.24. The summed E-state index contributed by atoms with van der Waals surface area (Å²) in [5.74, 6) is 0.355. The number of carbonyl (C=O) groups is 2. The van der Waals surface area contributed by atoms with Crippen LogP contribution in [0.4, 0.5) is 5.69 Å². The summed E-state index contributed by atoms with van der Waals surface area (Å²) in [4.78, 5) is 22.8. The van der Waals surface area contributed by atoms with Crippen LogP contribution in [-0.4, -0.2) is 36.6 Å². The second-order valence-corrected chi connectivity index (χ2v) is 6.12. The fourth-order valence-electron chi connectivity index (χ4n) is 2.64. The molecule has 0 aliphatic carbocycles. The zero-order valence-electron chi connectivity index (χ0n) is 13.7. The highest BCUT2D eigenvalue weighted by molar-refractivity contribution is 6.01. The minimum Gasteiger partial charge on any atom is -0.496 e. The van der Waals surface area contributed by atoms with Gasteiger partial charge in [0, 0.05) is 12.5 Å². The largest absolute Gasteiger partial charge is 0.496 e. The predicted molar refractivity (Wildman–Crippen MR) is 86.6 cm³/mol. The van der Waals surface area contributed by atoms with Crippen molar-refractivity contribution in [2.24, 2.45) is 5.92 Å². The van der Waals surface area contributed by atoms with E-state index >= 15 is 0 Å². The molecule has 1 unspecified atom stereocenters. The number of Topliss-reactive ketones (excluding diaryl/α,β-unsaturated/α-hetero) is 1. The van der Waals surface area contributed by atoms with Crippen molar-refractivity contribution >= 4 is 17.4 Å². The van der Waals surface area contributed by atoms with E-state index in [9.17, 15) is 9.59 Å². The van der Waals surface area contributed by atoms with Gasteiger partial charge in [-0.1, -0.05) is 13.8 Å². The van der Waals surface area contributed by atoms with Crippen LogP contribution in [0.1, 0.15) is 43.5 Å². The van der Waals surface area contributed by atoms with E-state index in [1.54, 1.807) is 12.1 Å². The molecule has 126 valence electrons. The van der Waals surface area contributed by atoms with E-state index in [-0.39, 0.29) is 24.7 Å². The molecule has 1 aliphatic heterocycles. The third-order valence-corrected chi connectivity index (χ3v) is 3.72. The van der Waals surface area contributed by atoms with Gasteiger partial charge in [-0.25, -0.2) is 0 Å². The van der Waals surface area contributed by atoms with Crippen molar-refractivity contribution in [3.05, 3.63) is 17.7 Å². The number of carboxylic acids is 1. The lowest BCUT2D eigenvalue weighted by molar-refractivity contribution is -0.136. The third kappa shape index (κ3) is 4.37. The van der Waals surface area contributed by atoms with Crippen molar-refractivity contribution in [1.82, 2.24) is 0 Å². The fourth-order valence-corrected chi connectivity index (χ4v) is 2.64. The Kier molecular flexibility index (Phi) is 5.47. The Bertz CT molecular complexity index is 597. The smallest absolute Gasteiger partial charge is 0.303 e. The highest BCUT2D eigenvalue weighted by Gasteiger charge is 2.24. The van der Waals surface area contributed by atoms with Gasteiger partial charge in [-0.2, -0.15) is 0 Å². The number of methoxy groups -OCH3 is 1. The number of carboxylic acid groups (broad SMARTS) is 1. The molecule has 0 amide bonds. The molecular weight excluding hydrogens is 298 g/mol. The number of carbonyl (C=O) groups excluding carboxylic acids is 1. The van der Waals surface area contributed by atoms with Gasteiger partial charge < -0.3 is 19.9 Å². The van der Waals surface area contributed by atoms with Gasteiger partial charge in [0.15, 0.2) is 5.78 Å². The Morgan fingerprint density at radius 3 is 2.74 bits per heavy atom. The van der Waals surface area contributed by atoms with Crippen molar-refractivity contribution in [3.8, 4) is 11.5 Å². The summed E-state index contributed by atoms with van der Waals surface area (Å²) in [7, 11) is 1.48. The van der Waals surface area contributed by atoms with Crippen molar-refractivity contribution < 1.29 is 24.2 Å². The van der Waals surface area contributed by atoms with E-state index in [1.807, 2.05) is 0 Å². The molecule has 2 N–H and O–H groups in total. The maximum absolute atomic E-state index is 12.2. The lowest BCUT2D eigenvalue weighted by Gasteiger charge is -2.29. The Morgan fingerprint density at radius 1 is 1.39 bits per heavy atom. The number of hydrogen-bond acceptors (Lipinski definition) is 5. The van der Waals surface area contributed by atoms with Gasteiger partial charge in [-0.3, -0.25) is 9.59 Å². The summed E-state index contributed by atoms with van der Waals surface area (Å²) in [5.41, 5.74) is 1.12. The lowest BCUT2D eigenvalue weighted by Crippen LogP contribution is -2.32. The average molecular weight is 321 g/mol. The third-order valence-electron chi connectivity index (χ3n) is 3.72. The molecule has 6 nitrogen and oxygen atoms in total. The van der Waals surface area contributed by atoms with Crippen molar-refractivity contribution in [2.75, 3.05) is 19.0 Å². The molecule has 0 radical (unpaired) electrons. The molecule has 0 spiro atoms. The zero-order chi connectivity index (χ0) is 17.0. The van der Waals surface area contributed by atoms with E-state index in [0.29, 0.717) is 29.5 Å². The van der Waals surface area contributed by atoms with E-state index in [2.05, 4.69) is 19.2 Å². The van der Waals surface area contributed by atoms with Gasteiger partial charge in [0.2, 0.25) is 0 Å². The molecule has 1 aromatic rings. The summed E-state index contributed by atoms with van der Waals surface area (Å²) >= 11 is 0.